The summed E-state index contributed by atoms with van der Waals surface area (Å²) < 4.78 is 12.2. The molecule has 4 rings (SSSR count). The van der Waals surface area contributed by atoms with Crippen molar-refractivity contribution in [2.45, 2.75) is 37.6 Å². The fourth-order valence-corrected chi connectivity index (χ4v) is 3.63. The number of nitrogens with zero attached hydrogens (tertiary/aromatic N) is 3. The van der Waals surface area contributed by atoms with Crippen LogP contribution in [0.15, 0.2) is 49.1 Å². The van der Waals surface area contributed by atoms with Gasteiger partial charge in [0.25, 0.3) is 0 Å². The molecule has 0 radical (unpaired) electrons. The lowest BCUT2D eigenvalue weighted by atomic mass is 10.1. The van der Waals surface area contributed by atoms with Crippen molar-refractivity contribution in [1.82, 2.24) is 14.9 Å². The topological polar surface area (TPSA) is 47.5 Å². The van der Waals surface area contributed by atoms with Gasteiger partial charge >= 0.3 is 0 Å². The van der Waals surface area contributed by atoms with Crippen LogP contribution in [0.25, 0.3) is 0 Å². The van der Waals surface area contributed by atoms with E-state index in [0.717, 1.165) is 38.3 Å². The van der Waals surface area contributed by atoms with Gasteiger partial charge in [0.2, 0.25) is 0 Å². The van der Waals surface area contributed by atoms with Crippen LogP contribution in [-0.4, -0.2) is 46.3 Å². The first-order chi connectivity index (χ1) is 11.4. The quantitative estimate of drug-likeness (QED) is 0.867. The van der Waals surface area contributed by atoms with E-state index in [1.54, 1.807) is 12.4 Å². The first-order valence-electron chi connectivity index (χ1n) is 8.21. The number of morpholine rings is 1. The molecule has 3 heterocycles. The van der Waals surface area contributed by atoms with Crippen LogP contribution in [0.1, 0.15) is 18.4 Å². The average Bonchev–Trinajstić information content (AvgIpc) is 3.01. The summed E-state index contributed by atoms with van der Waals surface area (Å²) in [4.78, 5) is 10.8. The highest BCUT2D eigenvalue weighted by atomic mass is 16.5. The van der Waals surface area contributed by atoms with E-state index in [-0.39, 0.29) is 12.2 Å². The number of hydrogen-bond acceptors (Lipinski definition) is 5. The molecule has 5 nitrogen and oxygen atoms in total. The summed E-state index contributed by atoms with van der Waals surface area (Å²) in [6.07, 6.45) is 9.67. The minimum Gasteiger partial charge on any atom is -0.486 e. The zero-order valence-corrected chi connectivity index (χ0v) is 13.0. The molecular weight excluding hydrogens is 290 g/mol. The molecule has 5 heteroatoms. The molecule has 2 fully saturated rings. The summed E-state index contributed by atoms with van der Waals surface area (Å²) in [5.41, 5.74) is 1.25. The van der Waals surface area contributed by atoms with Crippen molar-refractivity contribution in [2.75, 3.05) is 13.2 Å². The van der Waals surface area contributed by atoms with E-state index in [1.807, 2.05) is 30.6 Å². The van der Waals surface area contributed by atoms with E-state index in [2.05, 4.69) is 20.9 Å². The highest BCUT2D eigenvalue weighted by Crippen LogP contribution is 2.33. The Morgan fingerprint density at radius 1 is 1.13 bits per heavy atom. The van der Waals surface area contributed by atoms with Crippen LogP contribution < -0.4 is 4.74 Å². The van der Waals surface area contributed by atoms with Gasteiger partial charge in [0.15, 0.2) is 0 Å². The second-order valence-corrected chi connectivity index (χ2v) is 6.16. The average molecular weight is 311 g/mol. The summed E-state index contributed by atoms with van der Waals surface area (Å²) in [6.45, 7) is 2.65. The molecule has 1 aliphatic heterocycles. The summed E-state index contributed by atoms with van der Waals surface area (Å²) in [5, 5.41) is 0. The van der Waals surface area contributed by atoms with E-state index in [1.165, 1.54) is 5.56 Å². The molecule has 1 saturated heterocycles. The lowest BCUT2D eigenvalue weighted by molar-refractivity contribution is -0.0916. The van der Waals surface area contributed by atoms with Crippen LogP contribution in [0, 0.1) is 0 Å². The number of ether oxygens (including phenoxy) is 2. The molecule has 3 atom stereocenters. The van der Waals surface area contributed by atoms with Gasteiger partial charge in [-0.05, 0) is 36.6 Å². The number of fused-ring (bicyclic) bond motifs is 1. The molecule has 1 aliphatic carbocycles. The Bertz CT molecular complexity index is 623. The Hall–Kier alpha value is -1.98. The molecule has 0 N–H and O–H groups in total. The lowest BCUT2D eigenvalue weighted by Gasteiger charge is -2.39. The standard InChI is InChI=1S/C18H21N3O2/c1-3-14(11-19-7-1)13-21-9-10-22-18-16(21)5-6-17(18)23-15-4-2-8-20-12-15/h1-4,7-8,11-12,16-18H,5-6,9-10,13H2/t16-,17+,18-/m1/s1. The van der Waals surface area contributed by atoms with E-state index in [4.69, 9.17) is 9.47 Å². The predicted molar refractivity (Wildman–Crippen MR) is 86.1 cm³/mol. The van der Waals surface area contributed by atoms with Crippen LogP contribution in [0.5, 0.6) is 5.75 Å². The van der Waals surface area contributed by atoms with Crippen LogP contribution in [0.3, 0.4) is 0 Å². The second-order valence-electron chi connectivity index (χ2n) is 6.16. The van der Waals surface area contributed by atoms with Gasteiger partial charge < -0.3 is 9.47 Å². The monoisotopic (exact) mass is 311 g/mol. The maximum atomic E-state index is 6.12. The van der Waals surface area contributed by atoms with Gasteiger partial charge in [-0.3, -0.25) is 14.9 Å². The van der Waals surface area contributed by atoms with Gasteiger partial charge in [0.1, 0.15) is 18.0 Å². The van der Waals surface area contributed by atoms with Crippen LogP contribution >= 0.6 is 0 Å². The van der Waals surface area contributed by atoms with Crippen molar-refractivity contribution < 1.29 is 9.47 Å². The Morgan fingerprint density at radius 2 is 2.00 bits per heavy atom. The number of rotatable bonds is 4. The van der Waals surface area contributed by atoms with Crippen molar-refractivity contribution >= 4 is 0 Å². The molecule has 0 amide bonds. The van der Waals surface area contributed by atoms with Gasteiger partial charge in [-0.1, -0.05) is 6.07 Å². The SMILES string of the molecule is c1cncc(CN2CCO[C@H]3[C@@H](Oc4cccnc4)CC[C@H]32)c1. The van der Waals surface area contributed by atoms with Crippen molar-refractivity contribution in [1.29, 1.82) is 0 Å². The van der Waals surface area contributed by atoms with Gasteiger partial charge in [0.05, 0.1) is 12.8 Å². The predicted octanol–water partition coefficient (Wildman–Crippen LogP) is 2.29. The minimum atomic E-state index is 0.112. The largest absolute Gasteiger partial charge is 0.486 e. The van der Waals surface area contributed by atoms with Crippen molar-refractivity contribution in [3.8, 4) is 5.75 Å². The van der Waals surface area contributed by atoms with Crippen LogP contribution in [0.4, 0.5) is 0 Å². The normalized spacial score (nSPS) is 27.6. The zero-order chi connectivity index (χ0) is 15.5. The van der Waals surface area contributed by atoms with Crippen molar-refractivity contribution in [3.05, 3.63) is 54.6 Å². The summed E-state index contributed by atoms with van der Waals surface area (Å²) in [6, 6.07) is 8.41. The van der Waals surface area contributed by atoms with Crippen LogP contribution in [0.2, 0.25) is 0 Å². The molecule has 120 valence electrons. The number of pyridine rings is 2. The molecule has 2 aromatic heterocycles. The van der Waals surface area contributed by atoms with Gasteiger partial charge in [0, 0.05) is 37.7 Å². The molecule has 0 unspecified atom stereocenters. The molecular formula is C18H21N3O2. The maximum Gasteiger partial charge on any atom is 0.138 e. The third-order valence-electron chi connectivity index (χ3n) is 4.68. The highest BCUT2D eigenvalue weighted by molar-refractivity contribution is 5.17. The molecule has 0 bridgehead atoms. The van der Waals surface area contributed by atoms with Crippen LogP contribution in [-0.2, 0) is 11.3 Å². The van der Waals surface area contributed by atoms with E-state index < -0.39 is 0 Å². The summed E-state index contributed by atoms with van der Waals surface area (Å²) >= 11 is 0. The third-order valence-corrected chi connectivity index (χ3v) is 4.68. The Kier molecular flexibility index (Phi) is 4.22. The van der Waals surface area contributed by atoms with Crippen molar-refractivity contribution in [3.63, 3.8) is 0 Å². The molecule has 0 spiro atoms. The van der Waals surface area contributed by atoms with Crippen molar-refractivity contribution in [2.24, 2.45) is 0 Å². The van der Waals surface area contributed by atoms with Gasteiger partial charge in [-0.25, -0.2) is 0 Å². The maximum absolute atomic E-state index is 6.12. The molecule has 2 aromatic rings. The van der Waals surface area contributed by atoms with E-state index >= 15 is 0 Å². The summed E-state index contributed by atoms with van der Waals surface area (Å²) in [7, 11) is 0. The fourth-order valence-electron chi connectivity index (χ4n) is 3.63. The smallest absolute Gasteiger partial charge is 0.138 e. The van der Waals surface area contributed by atoms with E-state index in [0.29, 0.717) is 6.04 Å². The number of aromatic nitrogens is 2. The summed E-state index contributed by atoms with van der Waals surface area (Å²) in [5.74, 6) is 0.825. The Morgan fingerprint density at radius 3 is 2.78 bits per heavy atom. The first-order valence-corrected chi connectivity index (χ1v) is 8.21. The fraction of sp³-hybridized carbons (Fsp3) is 0.444. The Labute approximate surface area is 136 Å². The minimum absolute atomic E-state index is 0.112. The molecule has 1 saturated carbocycles. The van der Waals surface area contributed by atoms with E-state index in [9.17, 15) is 0 Å². The number of hydrogen-bond donors (Lipinski definition) is 0. The third kappa shape index (κ3) is 3.21. The lowest BCUT2D eigenvalue weighted by Crippen LogP contribution is -2.51. The second kappa shape index (κ2) is 6.64. The first kappa shape index (κ1) is 14.6. The highest BCUT2D eigenvalue weighted by Gasteiger charge is 2.44. The molecule has 0 aromatic carbocycles. The molecule has 23 heavy (non-hydrogen) atoms. The molecule has 2 aliphatic rings. The van der Waals surface area contributed by atoms with Gasteiger partial charge in [-0.2, -0.15) is 0 Å². The van der Waals surface area contributed by atoms with Gasteiger partial charge in [-0.15, -0.1) is 0 Å². The zero-order valence-electron chi connectivity index (χ0n) is 13.0. The Balaban J connectivity index is 1.44.